The van der Waals surface area contributed by atoms with Crippen LogP contribution in [-0.2, 0) is 17.3 Å². The van der Waals surface area contributed by atoms with E-state index in [1.807, 2.05) is 0 Å². The molecule has 6 nitrogen and oxygen atoms in total. The molecule has 0 bridgehead atoms. The van der Waals surface area contributed by atoms with E-state index in [2.05, 4.69) is 20.2 Å². The fourth-order valence-electron chi connectivity index (χ4n) is 2.72. The van der Waals surface area contributed by atoms with Gasteiger partial charge in [0.05, 0.1) is 23.0 Å². The van der Waals surface area contributed by atoms with Crippen molar-refractivity contribution in [2.75, 3.05) is 24.2 Å². The van der Waals surface area contributed by atoms with Crippen LogP contribution >= 0.6 is 0 Å². The van der Waals surface area contributed by atoms with E-state index < -0.39 is 10.8 Å². The Kier molecular flexibility index (Phi) is 3.69. The van der Waals surface area contributed by atoms with Gasteiger partial charge in [-0.3, -0.25) is 9.00 Å². The average molecular weight is 294 g/mol. The van der Waals surface area contributed by atoms with Crippen LogP contribution in [0.15, 0.2) is 5.16 Å². The minimum atomic E-state index is -1.24. The van der Waals surface area contributed by atoms with E-state index in [0.717, 1.165) is 25.9 Å². The summed E-state index contributed by atoms with van der Waals surface area (Å²) in [5.41, 5.74) is 1.25. The summed E-state index contributed by atoms with van der Waals surface area (Å²) in [6, 6.07) is 0. The highest BCUT2D eigenvalue weighted by Gasteiger charge is 2.29. The van der Waals surface area contributed by atoms with Crippen LogP contribution in [0.3, 0.4) is 0 Å². The van der Waals surface area contributed by atoms with E-state index in [1.54, 1.807) is 6.26 Å². The van der Waals surface area contributed by atoms with Gasteiger partial charge in [0.15, 0.2) is 0 Å². The first-order valence-electron chi connectivity index (χ1n) is 6.94. The van der Waals surface area contributed by atoms with Gasteiger partial charge in [0.25, 0.3) is 5.91 Å². The lowest BCUT2D eigenvalue weighted by Gasteiger charge is -2.23. The Morgan fingerprint density at radius 1 is 1.15 bits per heavy atom. The van der Waals surface area contributed by atoms with Crippen molar-refractivity contribution in [3.8, 4) is 0 Å². The minimum Gasteiger partial charge on any atom is -0.356 e. The molecular weight excluding hydrogens is 276 g/mol. The molecule has 0 aromatic carbocycles. The molecule has 1 fully saturated rings. The molecule has 3 rings (SSSR count). The molecule has 7 heteroatoms. The molecule has 0 saturated carbocycles. The predicted octanol–water partition coefficient (Wildman–Crippen LogP) is 0.838. The smallest absolute Gasteiger partial charge is 0.257 e. The van der Waals surface area contributed by atoms with Gasteiger partial charge in [-0.2, -0.15) is 0 Å². The van der Waals surface area contributed by atoms with Crippen LogP contribution < -0.4 is 10.2 Å². The van der Waals surface area contributed by atoms with Gasteiger partial charge in [0, 0.05) is 19.3 Å². The average Bonchev–Trinajstić information content (AvgIpc) is 2.67. The molecular formula is C13H18N4O2S. The standard InChI is InChI=1S/C13H18N4O2S/c1-20(19)13-15-9-8-14-12(18)10(9)11(16-13)17-6-4-2-3-5-7-17/h2-8H2,1H3,(H,14,18). The first kappa shape index (κ1) is 13.5. The van der Waals surface area contributed by atoms with Crippen molar-refractivity contribution in [2.24, 2.45) is 0 Å². The number of nitrogens with one attached hydrogen (secondary N) is 1. The maximum atomic E-state index is 12.0. The summed E-state index contributed by atoms with van der Waals surface area (Å²) in [5, 5.41) is 3.10. The zero-order valence-electron chi connectivity index (χ0n) is 11.5. The largest absolute Gasteiger partial charge is 0.356 e. The number of anilines is 1. The lowest BCUT2D eigenvalue weighted by atomic mass is 10.2. The van der Waals surface area contributed by atoms with Crippen LogP contribution in [0.4, 0.5) is 5.82 Å². The summed E-state index contributed by atoms with van der Waals surface area (Å²) in [6.07, 6.45) is 6.19. The fourth-order valence-corrected chi connectivity index (χ4v) is 3.18. The molecule has 0 spiro atoms. The number of amides is 1. The zero-order valence-corrected chi connectivity index (χ0v) is 12.3. The number of fused-ring (bicyclic) bond motifs is 1. The molecule has 0 radical (unpaired) electrons. The molecule has 3 heterocycles. The maximum absolute atomic E-state index is 12.0. The van der Waals surface area contributed by atoms with Gasteiger partial charge < -0.3 is 10.2 Å². The molecule has 2 aliphatic heterocycles. The van der Waals surface area contributed by atoms with Crippen molar-refractivity contribution in [3.63, 3.8) is 0 Å². The van der Waals surface area contributed by atoms with E-state index in [9.17, 15) is 9.00 Å². The molecule has 1 N–H and O–H groups in total. The van der Waals surface area contributed by atoms with E-state index in [1.165, 1.54) is 12.8 Å². The Labute approximate surface area is 120 Å². The predicted molar refractivity (Wildman–Crippen MR) is 76.2 cm³/mol. The van der Waals surface area contributed by atoms with Crippen molar-refractivity contribution < 1.29 is 9.00 Å². The number of carbonyl (C=O) groups is 1. The number of hydrogen-bond donors (Lipinski definition) is 1. The van der Waals surface area contributed by atoms with Crippen molar-refractivity contribution >= 4 is 22.5 Å². The van der Waals surface area contributed by atoms with Crippen LogP contribution in [0.1, 0.15) is 41.7 Å². The molecule has 108 valence electrons. The highest BCUT2D eigenvalue weighted by Crippen LogP contribution is 2.27. The first-order chi connectivity index (χ1) is 9.66. The molecule has 1 aromatic heterocycles. The molecule has 0 aliphatic carbocycles. The Morgan fingerprint density at radius 2 is 1.85 bits per heavy atom. The fraction of sp³-hybridized carbons (Fsp3) is 0.615. The van der Waals surface area contributed by atoms with Crippen molar-refractivity contribution in [2.45, 2.75) is 37.4 Å². The molecule has 2 aliphatic rings. The Balaban J connectivity index is 2.07. The monoisotopic (exact) mass is 294 g/mol. The third kappa shape index (κ3) is 2.42. The summed E-state index contributed by atoms with van der Waals surface area (Å²) in [4.78, 5) is 22.8. The molecule has 1 amide bonds. The topological polar surface area (TPSA) is 75.2 Å². The van der Waals surface area contributed by atoms with Crippen LogP contribution in [0, 0.1) is 0 Å². The number of nitrogens with zero attached hydrogens (tertiary/aromatic N) is 3. The van der Waals surface area contributed by atoms with Crippen molar-refractivity contribution in [3.05, 3.63) is 11.3 Å². The summed E-state index contributed by atoms with van der Waals surface area (Å²) >= 11 is 0. The number of rotatable bonds is 2. The van der Waals surface area contributed by atoms with E-state index in [0.29, 0.717) is 28.8 Å². The lowest BCUT2D eigenvalue weighted by molar-refractivity contribution is 0.0966. The second-order valence-electron chi connectivity index (χ2n) is 5.19. The molecule has 1 unspecified atom stereocenters. The molecule has 1 atom stereocenters. The van der Waals surface area contributed by atoms with Gasteiger partial charge in [-0.25, -0.2) is 9.97 Å². The highest BCUT2D eigenvalue weighted by molar-refractivity contribution is 7.84. The van der Waals surface area contributed by atoms with Gasteiger partial charge in [-0.1, -0.05) is 12.8 Å². The SMILES string of the molecule is CS(=O)c1nc2c(c(N3CCCCCC3)n1)C(=O)NC2. The van der Waals surface area contributed by atoms with Crippen LogP contribution in [-0.4, -0.2) is 39.4 Å². The van der Waals surface area contributed by atoms with E-state index in [-0.39, 0.29) is 5.91 Å². The van der Waals surface area contributed by atoms with Crippen molar-refractivity contribution in [1.82, 2.24) is 15.3 Å². The number of carbonyl (C=O) groups excluding carboxylic acids is 1. The molecule has 1 saturated heterocycles. The Bertz CT molecular complexity index is 568. The van der Waals surface area contributed by atoms with Crippen LogP contribution in [0.2, 0.25) is 0 Å². The lowest BCUT2D eigenvalue weighted by Crippen LogP contribution is -2.28. The van der Waals surface area contributed by atoms with Gasteiger partial charge in [0.2, 0.25) is 5.16 Å². The minimum absolute atomic E-state index is 0.118. The van der Waals surface area contributed by atoms with Crippen molar-refractivity contribution in [1.29, 1.82) is 0 Å². The first-order valence-corrected chi connectivity index (χ1v) is 8.50. The second kappa shape index (κ2) is 5.47. The van der Waals surface area contributed by atoms with Gasteiger partial charge in [0.1, 0.15) is 11.4 Å². The third-order valence-corrected chi connectivity index (χ3v) is 4.45. The van der Waals surface area contributed by atoms with Crippen LogP contribution in [0.5, 0.6) is 0 Å². The molecule has 1 aromatic rings. The third-order valence-electron chi connectivity index (χ3n) is 3.75. The highest BCUT2D eigenvalue weighted by atomic mass is 32.2. The summed E-state index contributed by atoms with van der Waals surface area (Å²) < 4.78 is 11.7. The van der Waals surface area contributed by atoms with Crippen LogP contribution in [0.25, 0.3) is 0 Å². The van der Waals surface area contributed by atoms with Gasteiger partial charge in [-0.15, -0.1) is 0 Å². The number of hydrogen-bond acceptors (Lipinski definition) is 5. The quantitative estimate of drug-likeness (QED) is 0.818. The van der Waals surface area contributed by atoms with E-state index in [4.69, 9.17) is 0 Å². The van der Waals surface area contributed by atoms with Gasteiger partial charge in [-0.05, 0) is 12.8 Å². The molecule has 20 heavy (non-hydrogen) atoms. The van der Waals surface area contributed by atoms with E-state index >= 15 is 0 Å². The number of aromatic nitrogens is 2. The Morgan fingerprint density at radius 3 is 2.50 bits per heavy atom. The summed E-state index contributed by atoms with van der Waals surface area (Å²) in [7, 11) is -1.24. The Hall–Kier alpha value is -1.50. The second-order valence-corrected chi connectivity index (χ2v) is 6.46. The maximum Gasteiger partial charge on any atom is 0.257 e. The summed E-state index contributed by atoms with van der Waals surface area (Å²) in [5.74, 6) is 0.546. The normalized spacial score (nSPS) is 20.2. The zero-order chi connectivity index (χ0) is 14.1. The van der Waals surface area contributed by atoms with Gasteiger partial charge >= 0.3 is 0 Å². The summed E-state index contributed by atoms with van der Waals surface area (Å²) in [6.45, 7) is 2.20.